The zero-order valence-electron chi connectivity index (χ0n) is 6.19. The predicted molar refractivity (Wildman–Crippen MR) is 41.9 cm³/mol. The van der Waals surface area contributed by atoms with Gasteiger partial charge in [-0.25, -0.2) is 0 Å². The summed E-state index contributed by atoms with van der Waals surface area (Å²) >= 11 is 5.41. The highest BCUT2D eigenvalue weighted by Gasteiger charge is 2.34. The van der Waals surface area contributed by atoms with Crippen molar-refractivity contribution in [3.8, 4) is 0 Å². The molecule has 0 fully saturated rings. The van der Waals surface area contributed by atoms with Crippen LogP contribution in [0.2, 0.25) is 5.02 Å². The van der Waals surface area contributed by atoms with Gasteiger partial charge in [-0.2, -0.15) is 13.2 Å². The van der Waals surface area contributed by atoms with Crippen LogP contribution in [0, 0.1) is 0 Å². The van der Waals surface area contributed by atoms with Crippen molar-refractivity contribution >= 4 is 17.3 Å². The zero-order valence-corrected chi connectivity index (χ0v) is 6.95. The van der Waals surface area contributed by atoms with Crippen LogP contribution in [-0.4, -0.2) is 5.21 Å². The van der Waals surface area contributed by atoms with Gasteiger partial charge in [-0.1, -0.05) is 17.7 Å². The van der Waals surface area contributed by atoms with Crippen LogP contribution in [0.5, 0.6) is 0 Å². The van der Waals surface area contributed by atoms with Gasteiger partial charge in [0.2, 0.25) is 0 Å². The van der Waals surface area contributed by atoms with E-state index in [9.17, 15) is 13.2 Å². The zero-order chi connectivity index (χ0) is 10.1. The molecule has 0 heterocycles. The summed E-state index contributed by atoms with van der Waals surface area (Å²) in [5.74, 6) is 0. The van der Waals surface area contributed by atoms with Gasteiger partial charge in [-0.05, 0) is 12.1 Å². The predicted octanol–water partition coefficient (Wildman–Crippen LogP) is 3.16. The van der Waals surface area contributed by atoms with Crippen molar-refractivity contribution in [3.63, 3.8) is 0 Å². The molecule has 2 nitrogen and oxygen atoms in total. The first kappa shape index (κ1) is 10.1. The van der Waals surface area contributed by atoms with Crippen LogP contribution in [0.3, 0.4) is 0 Å². The first-order valence-electron chi connectivity index (χ1n) is 3.22. The lowest BCUT2D eigenvalue weighted by Gasteiger charge is -2.12. The quantitative estimate of drug-likeness (QED) is 0.700. The topological polar surface area (TPSA) is 32.3 Å². The molecule has 0 aliphatic carbocycles. The summed E-state index contributed by atoms with van der Waals surface area (Å²) in [7, 11) is 0. The molecule has 0 bridgehead atoms. The summed E-state index contributed by atoms with van der Waals surface area (Å²) in [5, 5.41) is 8.25. The first-order valence-corrected chi connectivity index (χ1v) is 3.60. The minimum absolute atomic E-state index is 0.183. The highest BCUT2D eigenvalue weighted by Crippen LogP contribution is 2.37. The van der Waals surface area contributed by atoms with Crippen molar-refractivity contribution in [3.05, 3.63) is 28.8 Å². The van der Waals surface area contributed by atoms with E-state index in [1.54, 1.807) is 0 Å². The lowest BCUT2D eigenvalue weighted by Crippen LogP contribution is -2.09. The summed E-state index contributed by atoms with van der Waals surface area (Å²) in [4.78, 5) is 0. The molecule has 13 heavy (non-hydrogen) atoms. The molecule has 2 N–H and O–H groups in total. The van der Waals surface area contributed by atoms with Gasteiger partial charge in [0.15, 0.2) is 0 Å². The third-order valence-electron chi connectivity index (χ3n) is 1.43. The Morgan fingerprint density at radius 1 is 1.31 bits per heavy atom. The second-order valence-corrected chi connectivity index (χ2v) is 2.68. The van der Waals surface area contributed by atoms with E-state index in [1.807, 2.05) is 0 Å². The molecule has 1 rings (SSSR count). The molecule has 72 valence electrons. The van der Waals surface area contributed by atoms with Crippen LogP contribution in [0.4, 0.5) is 18.9 Å². The number of para-hydroxylation sites is 1. The van der Waals surface area contributed by atoms with Crippen LogP contribution < -0.4 is 5.48 Å². The molecule has 0 aromatic heterocycles. The van der Waals surface area contributed by atoms with E-state index in [4.69, 9.17) is 16.8 Å². The average Bonchev–Trinajstić information content (AvgIpc) is 2.02. The van der Waals surface area contributed by atoms with E-state index in [-0.39, 0.29) is 5.02 Å². The Morgan fingerprint density at radius 2 is 1.92 bits per heavy atom. The summed E-state index contributed by atoms with van der Waals surface area (Å²) in [6.07, 6.45) is -4.53. The summed E-state index contributed by atoms with van der Waals surface area (Å²) in [5.41, 5.74) is -0.110. The van der Waals surface area contributed by atoms with Gasteiger partial charge in [-0.15, -0.1) is 0 Å². The SMILES string of the molecule is ONc1c(Cl)cccc1C(F)(F)F. The molecule has 0 aliphatic rings. The number of benzene rings is 1. The number of rotatable bonds is 1. The van der Waals surface area contributed by atoms with Crippen molar-refractivity contribution < 1.29 is 18.4 Å². The lowest BCUT2D eigenvalue weighted by molar-refractivity contribution is -0.137. The number of anilines is 1. The van der Waals surface area contributed by atoms with E-state index in [1.165, 1.54) is 11.5 Å². The molecule has 1 aromatic rings. The fourth-order valence-corrected chi connectivity index (χ4v) is 1.09. The van der Waals surface area contributed by atoms with Gasteiger partial charge in [0.05, 0.1) is 16.3 Å². The second-order valence-electron chi connectivity index (χ2n) is 2.27. The second kappa shape index (κ2) is 3.43. The molecule has 0 saturated heterocycles. The average molecular weight is 212 g/mol. The van der Waals surface area contributed by atoms with Crippen LogP contribution in [0.25, 0.3) is 0 Å². The molecule has 0 saturated carbocycles. The highest BCUT2D eigenvalue weighted by atomic mass is 35.5. The smallest absolute Gasteiger partial charge is 0.291 e. The van der Waals surface area contributed by atoms with E-state index in [2.05, 4.69) is 0 Å². The Hall–Kier alpha value is -0.940. The Bertz CT molecular complexity index is 313. The first-order chi connectivity index (χ1) is 5.96. The minimum atomic E-state index is -4.53. The van der Waals surface area contributed by atoms with Gasteiger partial charge >= 0.3 is 6.18 Å². The van der Waals surface area contributed by atoms with E-state index < -0.39 is 17.4 Å². The molecule has 0 amide bonds. The van der Waals surface area contributed by atoms with Crippen molar-refractivity contribution in [2.75, 3.05) is 5.48 Å². The fraction of sp³-hybridized carbons (Fsp3) is 0.143. The highest BCUT2D eigenvalue weighted by molar-refractivity contribution is 6.33. The molecule has 0 unspecified atom stereocenters. The van der Waals surface area contributed by atoms with Crippen LogP contribution in [0.1, 0.15) is 5.56 Å². The Labute approximate surface area is 76.9 Å². The largest absolute Gasteiger partial charge is 0.418 e. The van der Waals surface area contributed by atoms with Crippen molar-refractivity contribution in [1.29, 1.82) is 0 Å². The fourth-order valence-electron chi connectivity index (χ4n) is 0.874. The maximum atomic E-state index is 12.2. The van der Waals surface area contributed by atoms with Crippen LogP contribution in [-0.2, 0) is 6.18 Å². The molecule has 6 heteroatoms. The van der Waals surface area contributed by atoms with Gasteiger partial charge < -0.3 is 0 Å². The Morgan fingerprint density at radius 3 is 2.31 bits per heavy atom. The van der Waals surface area contributed by atoms with Gasteiger partial charge in [0.25, 0.3) is 0 Å². The molecule has 0 aliphatic heterocycles. The summed E-state index contributed by atoms with van der Waals surface area (Å²) in [6.45, 7) is 0. The third kappa shape index (κ3) is 2.05. The molecule has 1 aromatic carbocycles. The normalized spacial score (nSPS) is 11.5. The molecule has 0 spiro atoms. The molecule has 0 radical (unpaired) electrons. The summed E-state index contributed by atoms with van der Waals surface area (Å²) in [6, 6.07) is 3.23. The molecular weight excluding hydrogens is 207 g/mol. The van der Waals surface area contributed by atoms with E-state index in [0.717, 1.165) is 12.1 Å². The van der Waals surface area contributed by atoms with Crippen molar-refractivity contribution in [2.45, 2.75) is 6.18 Å². The maximum Gasteiger partial charge on any atom is 0.418 e. The standard InChI is InChI=1S/C7H5ClF3NO/c8-5-3-1-2-4(6(5)12-13)7(9,10)11/h1-3,12-13H. The van der Waals surface area contributed by atoms with Crippen molar-refractivity contribution in [2.24, 2.45) is 0 Å². The number of halogens is 4. The van der Waals surface area contributed by atoms with Gasteiger partial charge in [0.1, 0.15) is 0 Å². The monoisotopic (exact) mass is 211 g/mol. The van der Waals surface area contributed by atoms with Crippen molar-refractivity contribution in [1.82, 2.24) is 0 Å². The lowest BCUT2D eigenvalue weighted by atomic mass is 10.2. The summed E-state index contributed by atoms with van der Waals surface area (Å²) < 4.78 is 36.6. The number of nitrogens with one attached hydrogen (secondary N) is 1. The Balaban J connectivity index is 3.29. The number of hydrogen-bond acceptors (Lipinski definition) is 2. The van der Waals surface area contributed by atoms with E-state index >= 15 is 0 Å². The molecular formula is C7H5ClF3NO. The van der Waals surface area contributed by atoms with Gasteiger partial charge in [-0.3, -0.25) is 10.7 Å². The number of alkyl halides is 3. The van der Waals surface area contributed by atoms with Crippen LogP contribution >= 0.6 is 11.6 Å². The maximum absolute atomic E-state index is 12.2. The minimum Gasteiger partial charge on any atom is -0.291 e. The van der Waals surface area contributed by atoms with Crippen LogP contribution in [0.15, 0.2) is 18.2 Å². The third-order valence-corrected chi connectivity index (χ3v) is 1.75. The van der Waals surface area contributed by atoms with Gasteiger partial charge in [0, 0.05) is 0 Å². The molecule has 0 atom stereocenters. The Kier molecular flexibility index (Phi) is 2.68. The van der Waals surface area contributed by atoms with E-state index in [0.29, 0.717) is 0 Å². The number of hydrogen-bond donors (Lipinski definition) is 2.